The van der Waals surface area contributed by atoms with Gasteiger partial charge in [0.1, 0.15) is 12.2 Å². The largest absolute Gasteiger partial charge is 0.493 e. The van der Waals surface area contributed by atoms with Crippen molar-refractivity contribution in [1.82, 2.24) is 5.43 Å². The van der Waals surface area contributed by atoms with Gasteiger partial charge in [0, 0.05) is 5.39 Å². The van der Waals surface area contributed by atoms with Crippen LogP contribution in [0.25, 0.3) is 11.0 Å². The maximum Gasteiger partial charge on any atom is 0.307 e. The number of nitrogens with one attached hydrogen (secondary N) is 1. The number of nitrogens with zero attached hydrogens (tertiary/aromatic N) is 1. The number of benzene rings is 3. The summed E-state index contributed by atoms with van der Waals surface area (Å²) in [6.45, 7) is 0.417. The highest BCUT2D eigenvalue weighted by atomic mass is 16.5. The Hall–Kier alpha value is -4.06. The Morgan fingerprint density at radius 2 is 1.80 bits per heavy atom. The van der Waals surface area contributed by atoms with Crippen LogP contribution in [0.15, 0.2) is 88.4 Å². The van der Waals surface area contributed by atoms with Gasteiger partial charge in [0.2, 0.25) is 0 Å². The minimum atomic E-state index is -0.420. The van der Waals surface area contributed by atoms with Crippen molar-refractivity contribution >= 4 is 23.1 Å². The van der Waals surface area contributed by atoms with Crippen molar-refractivity contribution < 1.29 is 18.7 Å². The molecule has 1 N–H and O–H groups in total. The average molecular weight is 400 g/mol. The number of rotatable bonds is 7. The summed E-state index contributed by atoms with van der Waals surface area (Å²) in [6, 6.07) is 24.4. The van der Waals surface area contributed by atoms with Crippen molar-refractivity contribution in [2.75, 3.05) is 7.11 Å². The van der Waals surface area contributed by atoms with Gasteiger partial charge in [0.15, 0.2) is 17.3 Å². The maximum atomic E-state index is 12.3. The Morgan fingerprint density at radius 1 is 1.00 bits per heavy atom. The first-order valence-corrected chi connectivity index (χ1v) is 9.39. The number of ether oxygens (including phenoxy) is 2. The van der Waals surface area contributed by atoms with Crippen LogP contribution in [-0.2, 0) is 6.61 Å². The molecule has 0 aliphatic carbocycles. The zero-order valence-electron chi connectivity index (χ0n) is 16.4. The summed E-state index contributed by atoms with van der Waals surface area (Å²) >= 11 is 0. The van der Waals surface area contributed by atoms with Crippen LogP contribution >= 0.6 is 0 Å². The van der Waals surface area contributed by atoms with Gasteiger partial charge in [-0.05, 0) is 41.5 Å². The number of fused-ring (bicyclic) bond motifs is 1. The molecular weight excluding hydrogens is 380 g/mol. The van der Waals surface area contributed by atoms with E-state index in [1.807, 2.05) is 60.7 Å². The second kappa shape index (κ2) is 8.96. The number of carbonyl (C=O) groups is 1. The number of para-hydroxylation sites is 1. The van der Waals surface area contributed by atoms with Gasteiger partial charge in [0.05, 0.1) is 13.3 Å². The van der Waals surface area contributed by atoms with E-state index in [9.17, 15) is 4.79 Å². The Kier molecular flexibility index (Phi) is 5.75. The Labute approximate surface area is 173 Å². The molecular formula is C24H20N2O4. The zero-order chi connectivity index (χ0) is 20.8. The van der Waals surface area contributed by atoms with Crippen LogP contribution in [0.3, 0.4) is 0 Å². The van der Waals surface area contributed by atoms with Gasteiger partial charge in [-0.3, -0.25) is 4.79 Å². The third-order valence-corrected chi connectivity index (χ3v) is 4.45. The summed E-state index contributed by atoms with van der Waals surface area (Å²) in [4.78, 5) is 12.3. The smallest absolute Gasteiger partial charge is 0.307 e. The highest BCUT2D eigenvalue weighted by molar-refractivity contribution is 5.96. The lowest BCUT2D eigenvalue weighted by molar-refractivity contribution is 0.0929. The Bertz CT molecular complexity index is 1150. The molecule has 150 valence electrons. The Morgan fingerprint density at radius 3 is 2.60 bits per heavy atom. The van der Waals surface area contributed by atoms with Crippen molar-refractivity contribution in [3.8, 4) is 11.5 Å². The van der Waals surface area contributed by atoms with Gasteiger partial charge < -0.3 is 13.9 Å². The van der Waals surface area contributed by atoms with E-state index >= 15 is 0 Å². The third kappa shape index (κ3) is 4.50. The molecule has 0 bridgehead atoms. The quantitative estimate of drug-likeness (QED) is 0.358. The third-order valence-electron chi connectivity index (χ3n) is 4.45. The van der Waals surface area contributed by atoms with E-state index in [0.717, 1.165) is 16.5 Å². The lowest BCUT2D eigenvalue weighted by atomic mass is 10.2. The Balaban J connectivity index is 1.43. The number of methoxy groups -OCH3 is 1. The van der Waals surface area contributed by atoms with Crippen LogP contribution in [0.2, 0.25) is 0 Å². The van der Waals surface area contributed by atoms with Crippen LogP contribution in [0.4, 0.5) is 0 Å². The fraction of sp³-hybridized carbons (Fsp3) is 0.0833. The van der Waals surface area contributed by atoms with Gasteiger partial charge in [-0.2, -0.15) is 5.10 Å². The van der Waals surface area contributed by atoms with E-state index in [1.165, 1.54) is 6.21 Å². The molecule has 1 heterocycles. The maximum absolute atomic E-state index is 12.3. The van der Waals surface area contributed by atoms with Gasteiger partial charge in [-0.25, -0.2) is 5.43 Å². The molecule has 4 rings (SSSR count). The summed E-state index contributed by atoms with van der Waals surface area (Å²) in [7, 11) is 1.59. The molecule has 1 aromatic heterocycles. The molecule has 4 aromatic rings. The highest BCUT2D eigenvalue weighted by Gasteiger charge is 2.11. The molecule has 0 saturated heterocycles. The van der Waals surface area contributed by atoms with E-state index in [1.54, 1.807) is 25.3 Å². The minimum absolute atomic E-state index is 0.204. The predicted octanol–water partition coefficient (Wildman–Crippen LogP) is 4.78. The number of amides is 1. The monoisotopic (exact) mass is 400 g/mol. The minimum Gasteiger partial charge on any atom is -0.493 e. The second-order valence-corrected chi connectivity index (χ2v) is 6.53. The van der Waals surface area contributed by atoms with Crippen molar-refractivity contribution in [2.24, 2.45) is 5.10 Å². The number of hydrogen-bond donors (Lipinski definition) is 1. The van der Waals surface area contributed by atoms with Crippen LogP contribution in [0.1, 0.15) is 21.7 Å². The molecule has 0 unspecified atom stereocenters. The van der Waals surface area contributed by atoms with Crippen molar-refractivity contribution in [3.63, 3.8) is 0 Å². The van der Waals surface area contributed by atoms with Crippen LogP contribution in [0.5, 0.6) is 11.5 Å². The lowest BCUT2D eigenvalue weighted by Gasteiger charge is -2.11. The molecule has 0 saturated carbocycles. The SMILES string of the molecule is COc1ccc(/C=N/NC(=O)c2cc3ccccc3o2)cc1OCc1ccccc1. The summed E-state index contributed by atoms with van der Waals surface area (Å²) in [5, 5.41) is 4.89. The first kappa shape index (κ1) is 19.3. The number of hydrazone groups is 1. The molecule has 30 heavy (non-hydrogen) atoms. The van der Waals surface area contributed by atoms with Gasteiger partial charge in [0.25, 0.3) is 0 Å². The molecule has 6 heteroatoms. The molecule has 1 amide bonds. The van der Waals surface area contributed by atoms with Gasteiger partial charge in [-0.15, -0.1) is 0 Å². The molecule has 3 aromatic carbocycles. The molecule has 0 aliphatic rings. The fourth-order valence-corrected chi connectivity index (χ4v) is 2.94. The van der Waals surface area contributed by atoms with E-state index < -0.39 is 5.91 Å². The van der Waals surface area contributed by atoms with Gasteiger partial charge in [-0.1, -0.05) is 48.5 Å². The lowest BCUT2D eigenvalue weighted by Crippen LogP contribution is -2.16. The first-order chi connectivity index (χ1) is 14.7. The highest BCUT2D eigenvalue weighted by Crippen LogP contribution is 2.28. The molecule has 0 atom stereocenters. The normalized spacial score (nSPS) is 11.0. The van der Waals surface area contributed by atoms with Crippen LogP contribution < -0.4 is 14.9 Å². The summed E-state index contributed by atoms with van der Waals surface area (Å²) < 4.78 is 16.8. The van der Waals surface area contributed by atoms with Crippen molar-refractivity contribution in [2.45, 2.75) is 6.61 Å². The van der Waals surface area contributed by atoms with E-state index in [0.29, 0.717) is 23.7 Å². The van der Waals surface area contributed by atoms with E-state index in [-0.39, 0.29) is 5.76 Å². The van der Waals surface area contributed by atoms with Crippen molar-refractivity contribution in [1.29, 1.82) is 0 Å². The first-order valence-electron chi connectivity index (χ1n) is 9.39. The molecule has 0 aliphatic heterocycles. The summed E-state index contributed by atoms with van der Waals surface area (Å²) in [5.74, 6) is 0.995. The predicted molar refractivity (Wildman–Crippen MR) is 115 cm³/mol. The topological polar surface area (TPSA) is 73.1 Å². The molecule has 0 spiro atoms. The summed E-state index contributed by atoms with van der Waals surface area (Å²) in [5.41, 5.74) is 4.94. The number of furan rings is 1. The number of carbonyl (C=O) groups excluding carboxylic acids is 1. The standard InChI is InChI=1S/C24H20N2O4/c1-28-21-12-11-18(13-22(21)29-16-17-7-3-2-4-8-17)15-25-26-24(27)23-14-19-9-5-6-10-20(19)30-23/h2-15H,16H2,1H3,(H,26,27)/b25-15+. The second-order valence-electron chi connectivity index (χ2n) is 6.53. The van der Waals surface area contributed by atoms with Crippen LogP contribution in [-0.4, -0.2) is 19.2 Å². The zero-order valence-corrected chi connectivity index (χ0v) is 16.4. The van der Waals surface area contributed by atoms with Crippen molar-refractivity contribution in [3.05, 3.63) is 95.7 Å². The molecule has 0 radical (unpaired) electrons. The van der Waals surface area contributed by atoms with E-state index in [2.05, 4.69) is 10.5 Å². The molecule has 6 nitrogen and oxygen atoms in total. The van der Waals surface area contributed by atoms with E-state index in [4.69, 9.17) is 13.9 Å². The summed E-state index contributed by atoms with van der Waals surface area (Å²) in [6.07, 6.45) is 1.54. The van der Waals surface area contributed by atoms with Crippen LogP contribution in [0, 0.1) is 0 Å². The average Bonchev–Trinajstić information content (AvgIpc) is 3.23. The van der Waals surface area contributed by atoms with Gasteiger partial charge >= 0.3 is 5.91 Å². The number of hydrogen-bond acceptors (Lipinski definition) is 5. The fourth-order valence-electron chi connectivity index (χ4n) is 2.94. The molecule has 0 fully saturated rings.